The largest absolute Gasteiger partial charge is 0.416 e. The van der Waals surface area contributed by atoms with Gasteiger partial charge in [-0.05, 0) is 24.3 Å². The number of rotatable bonds is 5. The van der Waals surface area contributed by atoms with Crippen molar-refractivity contribution in [1.29, 1.82) is 0 Å². The Kier molecular flexibility index (Phi) is 5.53. The summed E-state index contributed by atoms with van der Waals surface area (Å²) in [5.74, 6) is -0.904. The van der Waals surface area contributed by atoms with Gasteiger partial charge in [0.2, 0.25) is 5.95 Å². The molecule has 0 aliphatic rings. The SMILES string of the molecule is O=C(NCc1ccccc1F)c1cnc(Nc2cccc(C(F)(F)F)c2)nc1. The van der Waals surface area contributed by atoms with E-state index in [9.17, 15) is 22.4 Å². The Morgan fingerprint density at radius 1 is 1.00 bits per heavy atom. The lowest BCUT2D eigenvalue weighted by Gasteiger charge is -2.10. The number of amides is 1. The predicted molar refractivity (Wildman–Crippen MR) is 94.3 cm³/mol. The van der Waals surface area contributed by atoms with Gasteiger partial charge in [-0.1, -0.05) is 24.3 Å². The van der Waals surface area contributed by atoms with Crippen LogP contribution in [0.4, 0.5) is 29.2 Å². The molecule has 0 radical (unpaired) electrons. The number of anilines is 2. The molecule has 1 heterocycles. The first-order valence-electron chi connectivity index (χ1n) is 8.11. The van der Waals surface area contributed by atoms with Crippen molar-refractivity contribution in [1.82, 2.24) is 15.3 Å². The zero-order chi connectivity index (χ0) is 20.1. The number of carbonyl (C=O) groups is 1. The van der Waals surface area contributed by atoms with E-state index in [1.54, 1.807) is 18.2 Å². The topological polar surface area (TPSA) is 66.9 Å². The molecule has 3 aromatic rings. The van der Waals surface area contributed by atoms with E-state index in [-0.39, 0.29) is 23.7 Å². The molecule has 0 fully saturated rings. The maximum absolute atomic E-state index is 13.5. The summed E-state index contributed by atoms with van der Waals surface area (Å²) >= 11 is 0. The lowest BCUT2D eigenvalue weighted by atomic mass is 10.2. The van der Waals surface area contributed by atoms with Crippen LogP contribution in [0.5, 0.6) is 0 Å². The molecule has 0 saturated heterocycles. The summed E-state index contributed by atoms with van der Waals surface area (Å²) in [6, 6.07) is 10.6. The highest BCUT2D eigenvalue weighted by atomic mass is 19.4. The summed E-state index contributed by atoms with van der Waals surface area (Å²) in [4.78, 5) is 19.9. The van der Waals surface area contributed by atoms with Gasteiger partial charge in [0.25, 0.3) is 5.91 Å². The molecule has 0 atom stereocenters. The molecule has 28 heavy (non-hydrogen) atoms. The first-order chi connectivity index (χ1) is 13.3. The maximum atomic E-state index is 13.5. The number of benzene rings is 2. The molecule has 0 unspecified atom stereocenters. The Balaban J connectivity index is 1.63. The van der Waals surface area contributed by atoms with Gasteiger partial charge in [0.15, 0.2) is 0 Å². The highest BCUT2D eigenvalue weighted by Gasteiger charge is 2.30. The summed E-state index contributed by atoms with van der Waals surface area (Å²) in [5, 5.41) is 5.19. The molecule has 5 nitrogen and oxygen atoms in total. The van der Waals surface area contributed by atoms with E-state index >= 15 is 0 Å². The molecular formula is C19H14F4N4O. The minimum Gasteiger partial charge on any atom is -0.348 e. The third-order valence-corrected chi connectivity index (χ3v) is 3.76. The van der Waals surface area contributed by atoms with Gasteiger partial charge in [-0.3, -0.25) is 4.79 Å². The van der Waals surface area contributed by atoms with Gasteiger partial charge in [-0.25, -0.2) is 14.4 Å². The van der Waals surface area contributed by atoms with Gasteiger partial charge in [0.1, 0.15) is 5.82 Å². The van der Waals surface area contributed by atoms with Crippen molar-refractivity contribution >= 4 is 17.5 Å². The predicted octanol–water partition coefficient (Wildman–Crippen LogP) is 4.31. The van der Waals surface area contributed by atoms with Crippen molar-refractivity contribution in [3.63, 3.8) is 0 Å². The van der Waals surface area contributed by atoms with Crippen LogP contribution >= 0.6 is 0 Å². The van der Waals surface area contributed by atoms with Crippen molar-refractivity contribution in [3.8, 4) is 0 Å². The van der Waals surface area contributed by atoms with E-state index in [4.69, 9.17) is 0 Å². The molecule has 2 N–H and O–H groups in total. The molecule has 0 aliphatic carbocycles. The first-order valence-corrected chi connectivity index (χ1v) is 8.11. The third-order valence-electron chi connectivity index (χ3n) is 3.76. The first kappa shape index (κ1) is 19.3. The average molecular weight is 390 g/mol. The number of nitrogens with zero attached hydrogens (tertiary/aromatic N) is 2. The van der Waals surface area contributed by atoms with Crippen molar-refractivity contribution in [3.05, 3.63) is 83.4 Å². The molecule has 3 rings (SSSR count). The van der Waals surface area contributed by atoms with Crippen LogP contribution in [0.2, 0.25) is 0 Å². The van der Waals surface area contributed by atoms with Gasteiger partial charge in [-0.15, -0.1) is 0 Å². The number of nitrogens with one attached hydrogen (secondary N) is 2. The lowest BCUT2D eigenvalue weighted by Crippen LogP contribution is -2.23. The van der Waals surface area contributed by atoms with Crippen LogP contribution in [0.25, 0.3) is 0 Å². The second-order valence-electron chi connectivity index (χ2n) is 5.77. The fourth-order valence-electron chi connectivity index (χ4n) is 2.33. The van der Waals surface area contributed by atoms with Crippen LogP contribution in [0.15, 0.2) is 60.9 Å². The second-order valence-corrected chi connectivity index (χ2v) is 5.77. The molecule has 144 valence electrons. The molecule has 1 aromatic heterocycles. The Hall–Kier alpha value is -3.49. The van der Waals surface area contributed by atoms with Crippen molar-refractivity contribution in [2.75, 3.05) is 5.32 Å². The fraction of sp³-hybridized carbons (Fsp3) is 0.105. The van der Waals surface area contributed by atoms with Crippen molar-refractivity contribution < 1.29 is 22.4 Å². The highest BCUT2D eigenvalue weighted by molar-refractivity contribution is 5.93. The zero-order valence-corrected chi connectivity index (χ0v) is 14.3. The normalized spacial score (nSPS) is 11.1. The minimum atomic E-state index is -4.46. The number of hydrogen-bond donors (Lipinski definition) is 2. The second kappa shape index (κ2) is 8.03. The summed E-state index contributed by atoms with van der Waals surface area (Å²) in [6.45, 7) is -0.00422. The van der Waals surface area contributed by atoms with Gasteiger partial charge < -0.3 is 10.6 Å². The smallest absolute Gasteiger partial charge is 0.348 e. The van der Waals surface area contributed by atoms with E-state index in [0.717, 1.165) is 12.1 Å². The van der Waals surface area contributed by atoms with Crippen LogP contribution in [0, 0.1) is 5.82 Å². The Bertz CT molecular complexity index is 974. The minimum absolute atomic E-state index is 0.00422. The van der Waals surface area contributed by atoms with Crippen LogP contribution in [-0.4, -0.2) is 15.9 Å². The van der Waals surface area contributed by atoms with Gasteiger partial charge >= 0.3 is 6.18 Å². The molecule has 0 bridgehead atoms. The molecule has 0 saturated carbocycles. The van der Waals surface area contributed by atoms with Crippen LogP contribution in [-0.2, 0) is 12.7 Å². The van der Waals surface area contributed by atoms with E-state index in [0.29, 0.717) is 5.56 Å². The number of alkyl halides is 3. The van der Waals surface area contributed by atoms with Gasteiger partial charge in [0, 0.05) is 30.2 Å². The number of halogens is 4. The molecule has 0 aliphatic heterocycles. The Morgan fingerprint density at radius 2 is 1.71 bits per heavy atom. The maximum Gasteiger partial charge on any atom is 0.416 e. The zero-order valence-electron chi connectivity index (χ0n) is 14.3. The van der Waals surface area contributed by atoms with Gasteiger partial charge in [0.05, 0.1) is 11.1 Å². The molecule has 0 spiro atoms. The summed E-state index contributed by atoms with van der Waals surface area (Å²) in [5.41, 5.74) is -0.182. The third kappa shape index (κ3) is 4.81. The fourth-order valence-corrected chi connectivity index (χ4v) is 2.33. The average Bonchev–Trinajstić information content (AvgIpc) is 2.67. The Labute approximate surface area is 157 Å². The molecule has 1 amide bonds. The van der Waals surface area contributed by atoms with E-state index in [1.807, 2.05) is 0 Å². The van der Waals surface area contributed by atoms with Crippen LogP contribution < -0.4 is 10.6 Å². The lowest BCUT2D eigenvalue weighted by molar-refractivity contribution is -0.137. The molecular weight excluding hydrogens is 376 g/mol. The van der Waals surface area contributed by atoms with E-state index < -0.39 is 23.5 Å². The standard InChI is InChI=1S/C19H14F4N4O/c20-16-7-2-1-4-12(16)9-24-17(28)13-10-25-18(26-11-13)27-15-6-3-5-14(8-15)19(21,22)23/h1-8,10-11H,9H2,(H,24,28)(H,25,26,27). The number of hydrogen-bond acceptors (Lipinski definition) is 4. The highest BCUT2D eigenvalue weighted by Crippen LogP contribution is 2.31. The number of carbonyl (C=O) groups excluding carboxylic acids is 1. The van der Waals surface area contributed by atoms with Crippen LogP contribution in [0.1, 0.15) is 21.5 Å². The van der Waals surface area contributed by atoms with Gasteiger partial charge in [-0.2, -0.15) is 13.2 Å². The summed E-state index contributed by atoms with van der Waals surface area (Å²) in [7, 11) is 0. The van der Waals surface area contributed by atoms with Crippen molar-refractivity contribution in [2.45, 2.75) is 12.7 Å². The molecule has 9 heteroatoms. The monoisotopic (exact) mass is 390 g/mol. The number of aromatic nitrogens is 2. The molecule has 2 aromatic carbocycles. The summed E-state index contributed by atoms with van der Waals surface area (Å²) in [6.07, 6.45) is -2.02. The van der Waals surface area contributed by atoms with Crippen LogP contribution in [0.3, 0.4) is 0 Å². The Morgan fingerprint density at radius 3 is 2.39 bits per heavy atom. The summed E-state index contributed by atoms with van der Waals surface area (Å²) < 4.78 is 51.8. The quantitative estimate of drug-likeness (QED) is 0.638. The van der Waals surface area contributed by atoms with Crippen molar-refractivity contribution in [2.24, 2.45) is 0 Å². The van der Waals surface area contributed by atoms with E-state index in [1.165, 1.54) is 30.6 Å². The van der Waals surface area contributed by atoms with E-state index in [2.05, 4.69) is 20.6 Å².